The van der Waals surface area contributed by atoms with Gasteiger partial charge in [-0.3, -0.25) is 0 Å². The number of rotatable bonds is 4. The van der Waals surface area contributed by atoms with Crippen LogP contribution in [0.15, 0.2) is 47.8 Å². The zero-order valence-electron chi connectivity index (χ0n) is 10.2. The van der Waals surface area contributed by atoms with Gasteiger partial charge in [0.1, 0.15) is 0 Å². The second-order valence-electron chi connectivity index (χ2n) is 3.86. The van der Waals surface area contributed by atoms with Crippen molar-refractivity contribution in [1.82, 2.24) is 10.6 Å². The number of nitrogens with one attached hydrogen (secondary N) is 2. The topological polar surface area (TPSA) is 24.1 Å². The van der Waals surface area contributed by atoms with E-state index in [9.17, 15) is 0 Å². The van der Waals surface area contributed by atoms with Crippen LogP contribution in [0.2, 0.25) is 0 Å². The molecule has 1 atom stereocenters. The molecular formula is C14H16N2S2. The molecule has 2 rings (SSSR count). The van der Waals surface area contributed by atoms with Gasteiger partial charge in [0, 0.05) is 11.4 Å². The number of thiocarbonyl (C=S) groups is 1. The molecule has 2 N–H and O–H groups in total. The van der Waals surface area contributed by atoms with E-state index in [1.165, 1.54) is 10.4 Å². The van der Waals surface area contributed by atoms with Crippen molar-refractivity contribution in [2.45, 2.75) is 13.0 Å². The highest BCUT2D eigenvalue weighted by Crippen LogP contribution is 2.25. The van der Waals surface area contributed by atoms with E-state index in [4.69, 9.17) is 12.2 Å². The minimum Gasteiger partial charge on any atom is -0.363 e. The van der Waals surface area contributed by atoms with Crippen molar-refractivity contribution in [3.63, 3.8) is 0 Å². The molecule has 0 aliphatic rings. The number of hydrogen-bond acceptors (Lipinski definition) is 2. The summed E-state index contributed by atoms with van der Waals surface area (Å²) in [6, 6.07) is 14.7. The Hall–Kier alpha value is -1.39. The second kappa shape index (κ2) is 6.52. The summed E-state index contributed by atoms with van der Waals surface area (Å²) in [5.74, 6) is 0. The maximum Gasteiger partial charge on any atom is 0.167 e. The van der Waals surface area contributed by atoms with Gasteiger partial charge in [0.15, 0.2) is 5.11 Å². The molecule has 0 aliphatic carbocycles. The van der Waals surface area contributed by atoms with Crippen molar-refractivity contribution in [3.05, 3.63) is 58.3 Å². The molecule has 94 valence electrons. The van der Waals surface area contributed by atoms with Crippen molar-refractivity contribution >= 4 is 28.7 Å². The van der Waals surface area contributed by atoms with Gasteiger partial charge in [0.25, 0.3) is 0 Å². The summed E-state index contributed by atoms with van der Waals surface area (Å²) in [5.41, 5.74) is 1.22. The van der Waals surface area contributed by atoms with E-state index in [2.05, 4.69) is 40.3 Å². The third-order valence-corrected chi connectivity index (χ3v) is 3.77. The lowest BCUT2D eigenvalue weighted by Gasteiger charge is -2.20. The molecule has 0 saturated carbocycles. The zero-order chi connectivity index (χ0) is 12.8. The van der Waals surface area contributed by atoms with E-state index in [0.717, 1.165) is 6.54 Å². The van der Waals surface area contributed by atoms with Gasteiger partial charge in [-0.25, -0.2) is 0 Å². The first-order valence-corrected chi connectivity index (χ1v) is 7.22. The van der Waals surface area contributed by atoms with Crippen molar-refractivity contribution in [2.75, 3.05) is 6.54 Å². The SMILES string of the molecule is CCNC(=S)N[C@H](c1ccccc1)c1cccs1. The first kappa shape index (κ1) is 13.1. The summed E-state index contributed by atoms with van der Waals surface area (Å²) in [7, 11) is 0. The molecule has 4 heteroatoms. The van der Waals surface area contributed by atoms with Gasteiger partial charge in [-0.05, 0) is 36.2 Å². The standard InChI is InChI=1S/C14H16N2S2/c1-2-15-14(17)16-13(12-9-6-10-18-12)11-7-4-3-5-8-11/h3-10,13H,2H2,1H3,(H2,15,16,17)/t13-/m1/s1. The van der Waals surface area contributed by atoms with Gasteiger partial charge < -0.3 is 10.6 Å². The summed E-state index contributed by atoms with van der Waals surface area (Å²) in [6.07, 6.45) is 0. The van der Waals surface area contributed by atoms with Crippen LogP contribution in [0.1, 0.15) is 23.4 Å². The van der Waals surface area contributed by atoms with E-state index in [1.54, 1.807) is 11.3 Å². The Morgan fingerprint density at radius 3 is 2.61 bits per heavy atom. The molecule has 1 aromatic carbocycles. The second-order valence-corrected chi connectivity index (χ2v) is 5.25. The molecule has 0 bridgehead atoms. The maximum absolute atomic E-state index is 5.29. The lowest BCUT2D eigenvalue weighted by atomic mass is 10.1. The van der Waals surface area contributed by atoms with E-state index in [0.29, 0.717) is 5.11 Å². The third-order valence-electron chi connectivity index (χ3n) is 2.57. The molecule has 0 radical (unpaired) electrons. The van der Waals surface area contributed by atoms with E-state index in [-0.39, 0.29) is 6.04 Å². The Kier molecular flexibility index (Phi) is 4.73. The first-order valence-electron chi connectivity index (χ1n) is 5.94. The summed E-state index contributed by atoms with van der Waals surface area (Å²) >= 11 is 7.02. The van der Waals surface area contributed by atoms with Crippen LogP contribution in [0.4, 0.5) is 0 Å². The minimum atomic E-state index is 0.123. The Balaban J connectivity index is 2.22. The smallest absolute Gasteiger partial charge is 0.167 e. The average molecular weight is 276 g/mol. The number of thiophene rings is 1. The van der Waals surface area contributed by atoms with Crippen LogP contribution >= 0.6 is 23.6 Å². The Bertz CT molecular complexity index is 480. The highest BCUT2D eigenvalue weighted by molar-refractivity contribution is 7.80. The molecule has 0 saturated heterocycles. The molecule has 0 unspecified atom stereocenters. The van der Waals surface area contributed by atoms with Crippen LogP contribution in [0.3, 0.4) is 0 Å². The largest absolute Gasteiger partial charge is 0.363 e. The molecule has 2 aromatic rings. The summed E-state index contributed by atoms with van der Waals surface area (Å²) in [5, 5.41) is 9.28. The highest BCUT2D eigenvalue weighted by atomic mass is 32.1. The van der Waals surface area contributed by atoms with Crippen molar-refractivity contribution in [1.29, 1.82) is 0 Å². The normalized spacial score (nSPS) is 11.8. The molecule has 0 amide bonds. The summed E-state index contributed by atoms with van der Waals surface area (Å²) in [6.45, 7) is 2.87. The van der Waals surface area contributed by atoms with Crippen molar-refractivity contribution in [3.8, 4) is 0 Å². The molecule has 2 nitrogen and oxygen atoms in total. The molecule has 0 fully saturated rings. The third kappa shape index (κ3) is 3.31. The Morgan fingerprint density at radius 1 is 1.22 bits per heavy atom. The van der Waals surface area contributed by atoms with Crippen LogP contribution in [0, 0.1) is 0 Å². The van der Waals surface area contributed by atoms with Crippen LogP contribution in [-0.2, 0) is 0 Å². The van der Waals surface area contributed by atoms with E-state index < -0.39 is 0 Å². The Morgan fingerprint density at radius 2 is 2.00 bits per heavy atom. The van der Waals surface area contributed by atoms with Crippen LogP contribution in [-0.4, -0.2) is 11.7 Å². The fraction of sp³-hybridized carbons (Fsp3) is 0.214. The minimum absolute atomic E-state index is 0.123. The van der Waals surface area contributed by atoms with Gasteiger partial charge in [-0.2, -0.15) is 0 Å². The van der Waals surface area contributed by atoms with Crippen LogP contribution in [0.5, 0.6) is 0 Å². The first-order chi connectivity index (χ1) is 8.81. The van der Waals surface area contributed by atoms with Crippen molar-refractivity contribution < 1.29 is 0 Å². The van der Waals surface area contributed by atoms with Gasteiger partial charge in [0.05, 0.1) is 6.04 Å². The lowest BCUT2D eigenvalue weighted by molar-refractivity contribution is 0.755. The highest BCUT2D eigenvalue weighted by Gasteiger charge is 2.15. The van der Waals surface area contributed by atoms with Gasteiger partial charge in [-0.15, -0.1) is 11.3 Å². The van der Waals surface area contributed by atoms with Crippen LogP contribution < -0.4 is 10.6 Å². The number of benzene rings is 1. The fourth-order valence-electron chi connectivity index (χ4n) is 1.76. The van der Waals surface area contributed by atoms with Crippen molar-refractivity contribution in [2.24, 2.45) is 0 Å². The zero-order valence-corrected chi connectivity index (χ0v) is 11.9. The van der Waals surface area contributed by atoms with Crippen LogP contribution in [0.25, 0.3) is 0 Å². The monoisotopic (exact) mass is 276 g/mol. The summed E-state index contributed by atoms with van der Waals surface area (Å²) < 4.78 is 0. The predicted octanol–water partition coefficient (Wildman–Crippen LogP) is 3.32. The van der Waals surface area contributed by atoms with Gasteiger partial charge in [-0.1, -0.05) is 36.4 Å². The van der Waals surface area contributed by atoms with E-state index in [1.807, 2.05) is 25.1 Å². The lowest BCUT2D eigenvalue weighted by Crippen LogP contribution is -2.37. The van der Waals surface area contributed by atoms with Gasteiger partial charge in [0.2, 0.25) is 0 Å². The Labute approximate surface area is 117 Å². The molecule has 1 aromatic heterocycles. The molecular weight excluding hydrogens is 260 g/mol. The molecule has 1 heterocycles. The predicted molar refractivity (Wildman–Crippen MR) is 82.0 cm³/mol. The fourth-order valence-corrected chi connectivity index (χ4v) is 2.83. The quantitative estimate of drug-likeness (QED) is 0.838. The molecule has 18 heavy (non-hydrogen) atoms. The number of hydrogen-bond donors (Lipinski definition) is 2. The molecule has 0 aliphatic heterocycles. The maximum atomic E-state index is 5.29. The summed E-state index contributed by atoms with van der Waals surface area (Å²) in [4.78, 5) is 1.27. The molecule has 0 spiro atoms. The van der Waals surface area contributed by atoms with Gasteiger partial charge >= 0.3 is 0 Å². The average Bonchev–Trinajstić information content (AvgIpc) is 2.91. The van der Waals surface area contributed by atoms with E-state index >= 15 is 0 Å².